The fourth-order valence-electron chi connectivity index (χ4n) is 1.77. The lowest BCUT2D eigenvalue weighted by Crippen LogP contribution is -2.47. The summed E-state index contributed by atoms with van der Waals surface area (Å²) in [6, 6.07) is 0.489. The van der Waals surface area contributed by atoms with Crippen molar-refractivity contribution in [2.45, 2.75) is 32.7 Å². The second-order valence-corrected chi connectivity index (χ2v) is 4.80. The molecule has 1 saturated heterocycles. The monoisotopic (exact) mass is 250 g/mol. The lowest BCUT2D eigenvalue weighted by Gasteiger charge is -2.28. The molecule has 1 unspecified atom stereocenters. The Morgan fingerprint density at radius 1 is 1.56 bits per heavy atom. The molecule has 1 aliphatic heterocycles. The van der Waals surface area contributed by atoms with Crippen molar-refractivity contribution in [3.8, 4) is 0 Å². The standard InChI is InChI=1S/C11H22N2O2.ClH/c1-11(2,10(14)15-3)8-13-9-5-4-6-12-7-9;/h9,12-13H,4-8H2,1-3H3;1H. The van der Waals surface area contributed by atoms with Crippen LogP contribution in [0.3, 0.4) is 0 Å². The van der Waals surface area contributed by atoms with Gasteiger partial charge in [0, 0.05) is 19.1 Å². The van der Waals surface area contributed by atoms with Crippen LogP contribution in [0, 0.1) is 5.41 Å². The first-order valence-corrected chi connectivity index (χ1v) is 5.59. The van der Waals surface area contributed by atoms with E-state index in [1.165, 1.54) is 20.0 Å². The lowest BCUT2D eigenvalue weighted by molar-refractivity contribution is -0.150. The van der Waals surface area contributed by atoms with E-state index in [-0.39, 0.29) is 18.4 Å². The Morgan fingerprint density at radius 2 is 2.25 bits per heavy atom. The number of ether oxygens (including phenoxy) is 1. The molecule has 0 bridgehead atoms. The van der Waals surface area contributed by atoms with Crippen molar-refractivity contribution in [2.75, 3.05) is 26.7 Å². The van der Waals surface area contributed by atoms with E-state index in [1.54, 1.807) is 0 Å². The predicted octanol–water partition coefficient (Wildman–Crippen LogP) is 0.949. The summed E-state index contributed by atoms with van der Waals surface area (Å²) in [6.07, 6.45) is 2.39. The summed E-state index contributed by atoms with van der Waals surface area (Å²) in [5.74, 6) is -0.154. The van der Waals surface area contributed by atoms with Crippen molar-refractivity contribution in [3.05, 3.63) is 0 Å². The van der Waals surface area contributed by atoms with Gasteiger partial charge in [0.15, 0.2) is 0 Å². The number of hydrogen-bond donors (Lipinski definition) is 2. The van der Waals surface area contributed by atoms with Crippen LogP contribution in [0.5, 0.6) is 0 Å². The van der Waals surface area contributed by atoms with Crippen molar-refractivity contribution < 1.29 is 9.53 Å². The van der Waals surface area contributed by atoms with E-state index in [1.807, 2.05) is 13.8 Å². The molecule has 0 aromatic heterocycles. The van der Waals surface area contributed by atoms with E-state index in [2.05, 4.69) is 10.6 Å². The summed E-state index contributed by atoms with van der Waals surface area (Å²) in [7, 11) is 1.44. The van der Waals surface area contributed by atoms with Crippen LogP contribution in [0.15, 0.2) is 0 Å². The smallest absolute Gasteiger partial charge is 0.312 e. The Morgan fingerprint density at radius 3 is 2.75 bits per heavy atom. The molecular formula is C11H23ClN2O2. The minimum atomic E-state index is -0.438. The zero-order valence-electron chi connectivity index (χ0n) is 10.3. The highest BCUT2D eigenvalue weighted by Crippen LogP contribution is 2.16. The van der Waals surface area contributed by atoms with Crippen LogP contribution in [-0.4, -0.2) is 38.8 Å². The van der Waals surface area contributed by atoms with Gasteiger partial charge in [0.05, 0.1) is 12.5 Å². The molecule has 1 atom stereocenters. The van der Waals surface area contributed by atoms with Gasteiger partial charge < -0.3 is 15.4 Å². The van der Waals surface area contributed by atoms with Gasteiger partial charge in [0.25, 0.3) is 0 Å². The Hall–Kier alpha value is -0.320. The number of carbonyl (C=O) groups excluding carboxylic acids is 1. The van der Waals surface area contributed by atoms with Gasteiger partial charge in [-0.05, 0) is 33.2 Å². The van der Waals surface area contributed by atoms with E-state index >= 15 is 0 Å². The van der Waals surface area contributed by atoms with Crippen LogP contribution in [0.4, 0.5) is 0 Å². The van der Waals surface area contributed by atoms with Gasteiger partial charge in [-0.15, -0.1) is 12.4 Å². The van der Waals surface area contributed by atoms with Gasteiger partial charge >= 0.3 is 5.97 Å². The van der Waals surface area contributed by atoms with Gasteiger partial charge in [-0.2, -0.15) is 0 Å². The van der Waals surface area contributed by atoms with Crippen molar-refractivity contribution in [2.24, 2.45) is 5.41 Å². The number of rotatable bonds is 4. The molecule has 0 amide bonds. The molecular weight excluding hydrogens is 228 g/mol. The van der Waals surface area contributed by atoms with Crippen molar-refractivity contribution in [3.63, 3.8) is 0 Å². The maximum absolute atomic E-state index is 11.4. The van der Waals surface area contributed by atoms with E-state index in [0.29, 0.717) is 12.6 Å². The predicted molar refractivity (Wildman–Crippen MR) is 66.9 cm³/mol. The van der Waals surface area contributed by atoms with Crippen LogP contribution in [0.2, 0.25) is 0 Å². The molecule has 0 aromatic rings. The third kappa shape index (κ3) is 4.68. The van der Waals surface area contributed by atoms with Crippen LogP contribution in [0.1, 0.15) is 26.7 Å². The number of nitrogens with one attached hydrogen (secondary N) is 2. The molecule has 0 aliphatic carbocycles. The quantitative estimate of drug-likeness (QED) is 0.730. The van der Waals surface area contributed by atoms with Crippen molar-refractivity contribution in [1.29, 1.82) is 0 Å². The number of piperidine rings is 1. The highest BCUT2D eigenvalue weighted by atomic mass is 35.5. The summed E-state index contributed by atoms with van der Waals surface area (Å²) >= 11 is 0. The lowest BCUT2D eigenvalue weighted by atomic mass is 9.93. The molecule has 0 aromatic carbocycles. The van der Waals surface area contributed by atoms with E-state index in [0.717, 1.165) is 13.1 Å². The van der Waals surface area contributed by atoms with Gasteiger partial charge in [-0.3, -0.25) is 4.79 Å². The molecule has 0 saturated carbocycles. The third-order valence-corrected chi connectivity index (χ3v) is 2.87. The number of esters is 1. The fraction of sp³-hybridized carbons (Fsp3) is 0.909. The number of halogens is 1. The molecule has 4 nitrogen and oxygen atoms in total. The molecule has 0 radical (unpaired) electrons. The molecule has 96 valence electrons. The number of methoxy groups -OCH3 is 1. The molecule has 1 heterocycles. The highest BCUT2D eigenvalue weighted by Gasteiger charge is 2.29. The highest BCUT2D eigenvalue weighted by molar-refractivity contribution is 5.85. The minimum Gasteiger partial charge on any atom is -0.469 e. The maximum atomic E-state index is 11.4. The zero-order chi connectivity index (χ0) is 11.3. The maximum Gasteiger partial charge on any atom is 0.312 e. The molecule has 0 spiro atoms. The Balaban J connectivity index is 0.00000225. The Kier molecular flexibility index (Phi) is 6.95. The third-order valence-electron chi connectivity index (χ3n) is 2.87. The van der Waals surface area contributed by atoms with Crippen LogP contribution < -0.4 is 10.6 Å². The number of carbonyl (C=O) groups is 1. The first-order chi connectivity index (χ1) is 7.06. The van der Waals surface area contributed by atoms with E-state index in [4.69, 9.17) is 4.74 Å². The molecule has 2 N–H and O–H groups in total. The summed E-state index contributed by atoms with van der Waals surface area (Å²) in [5.41, 5.74) is -0.438. The molecule has 5 heteroatoms. The number of hydrogen-bond acceptors (Lipinski definition) is 4. The van der Waals surface area contributed by atoms with Gasteiger partial charge in [-0.1, -0.05) is 0 Å². The van der Waals surface area contributed by atoms with Gasteiger partial charge in [0.1, 0.15) is 0 Å². The molecule has 1 aliphatic rings. The topological polar surface area (TPSA) is 50.4 Å². The zero-order valence-corrected chi connectivity index (χ0v) is 11.2. The average Bonchev–Trinajstić information content (AvgIpc) is 2.27. The van der Waals surface area contributed by atoms with Crippen molar-refractivity contribution >= 4 is 18.4 Å². The summed E-state index contributed by atoms with van der Waals surface area (Å²) in [5, 5.41) is 6.75. The molecule has 1 rings (SSSR count). The summed E-state index contributed by atoms with van der Waals surface area (Å²) in [4.78, 5) is 11.4. The van der Waals surface area contributed by atoms with Gasteiger partial charge in [-0.25, -0.2) is 0 Å². The minimum absolute atomic E-state index is 0. The molecule has 16 heavy (non-hydrogen) atoms. The van der Waals surface area contributed by atoms with Crippen LogP contribution >= 0.6 is 12.4 Å². The fourth-order valence-corrected chi connectivity index (χ4v) is 1.77. The SMILES string of the molecule is COC(=O)C(C)(C)CNC1CCCNC1.Cl. The van der Waals surface area contributed by atoms with Crippen LogP contribution in [0.25, 0.3) is 0 Å². The van der Waals surface area contributed by atoms with Gasteiger partial charge in [0.2, 0.25) is 0 Å². The largest absolute Gasteiger partial charge is 0.469 e. The normalized spacial score (nSPS) is 21.1. The average molecular weight is 251 g/mol. The van der Waals surface area contributed by atoms with E-state index < -0.39 is 5.41 Å². The second-order valence-electron chi connectivity index (χ2n) is 4.80. The first-order valence-electron chi connectivity index (χ1n) is 5.59. The van der Waals surface area contributed by atoms with Crippen LogP contribution in [-0.2, 0) is 9.53 Å². The van der Waals surface area contributed by atoms with E-state index in [9.17, 15) is 4.79 Å². The summed E-state index contributed by atoms with van der Waals surface area (Å²) < 4.78 is 4.76. The first kappa shape index (κ1) is 15.7. The van der Waals surface area contributed by atoms with Crippen molar-refractivity contribution in [1.82, 2.24) is 10.6 Å². The Labute approximate surface area is 104 Å². The molecule has 1 fully saturated rings. The Bertz CT molecular complexity index is 216. The summed E-state index contributed by atoms with van der Waals surface area (Å²) in [6.45, 7) is 6.59. The second kappa shape index (κ2) is 7.09.